The summed E-state index contributed by atoms with van der Waals surface area (Å²) in [5.74, 6) is -3.19. The Morgan fingerprint density at radius 3 is 1.67 bits per heavy atom. The standard InChI is InChI=1S/C33H59N3O16/c1-5-6-7-8-36(18(4)42)28-25(15-49-12-19-22(10-38)52-33(47)27(29(19)43)35-17(3)41)50-21(9-37)20(30(28)44)13-48-14-24-26(34-16(2)40)32(46)31(45)23(11-39)51-24/h19-33,37-39,43-47H,5-15H2,1-4H3,(H,34,40)(H,35,41)/t19-,20-,21?,22?,23?,24+,25+,26?,27?,28?,29+,30+,31-,32-,33-/m1/s1. The molecule has 3 saturated heterocycles. The zero-order valence-electron chi connectivity index (χ0n) is 30.2. The first-order valence-corrected chi connectivity index (χ1v) is 17.9. The van der Waals surface area contributed by atoms with E-state index in [4.69, 9.17) is 23.7 Å². The number of hydrogen-bond acceptors (Lipinski definition) is 16. The van der Waals surface area contributed by atoms with E-state index in [0.29, 0.717) is 6.42 Å². The normalized spacial score (nSPS) is 38.0. The maximum atomic E-state index is 13.0. The zero-order valence-corrected chi connectivity index (χ0v) is 30.2. The summed E-state index contributed by atoms with van der Waals surface area (Å²) in [7, 11) is 0. The van der Waals surface area contributed by atoms with Gasteiger partial charge in [-0.1, -0.05) is 19.8 Å². The lowest BCUT2D eigenvalue weighted by Crippen LogP contribution is -2.66. The lowest BCUT2D eigenvalue weighted by molar-refractivity contribution is -0.250. The Kier molecular flexibility index (Phi) is 18.0. The molecule has 6 unspecified atom stereocenters. The highest BCUT2D eigenvalue weighted by molar-refractivity contribution is 5.74. The van der Waals surface area contributed by atoms with E-state index >= 15 is 0 Å². The van der Waals surface area contributed by atoms with Crippen molar-refractivity contribution in [3.63, 3.8) is 0 Å². The summed E-state index contributed by atoms with van der Waals surface area (Å²) in [4.78, 5) is 38.0. The highest BCUT2D eigenvalue weighted by atomic mass is 16.6. The molecule has 3 amide bonds. The number of rotatable bonds is 18. The van der Waals surface area contributed by atoms with E-state index in [9.17, 15) is 55.2 Å². The van der Waals surface area contributed by atoms with Crippen LogP contribution < -0.4 is 10.6 Å². The fourth-order valence-electron chi connectivity index (χ4n) is 7.24. The summed E-state index contributed by atoms with van der Waals surface area (Å²) in [6, 6.07) is -3.28. The van der Waals surface area contributed by atoms with Gasteiger partial charge in [0.15, 0.2) is 6.29 Å². The van der Waals surface area contributed by atoms with Crippen LogP contribution in [-0.2, 0) is 38.1 Å². The summed E-state index contributed by atoms with van der Waals surface area (Å²) in [5.41, 5.74) is 0. The van der Waals surface area contributed by atoms with Gasteiger partial charge >= 0.3 is 0 Å². The predicted octanol–water partition coefficient (Wildman–Crippen LogP) is -4.66. The summed E-state index contributed by atoms with van der Waals surface area (Å²) in [6.07, 6.45) is -10.2. The lowest BCUT2D eigenvalue weighted by Gasteiger charge is -2.49. The van der Waals surface area contributed by atoms with Crippen molar-refractivity contribution in [2.75, 3.05) is 52.8 Å². The summed E-state index contributed by atoms with van der Waals surface area (Å²) >= 11 is 0. The number of hydrogen-bond donors (Lipinski definition) is 10. The van der Waals surface area contributed by atoms with Crippen molar-refractivity contribution in [2.45, 2.75) is 126 Å². The maximum absolute atomic E-state index is 13.0. The number of nitrogens with one attached hydrogen (secondary N) is 2. The minimum atomic E-state index is -1.58. The number of carbonyl (C=O) groups is 3. The van der Waals surface area contributed by atoms with Crippen molar-refractivity contribution in [1.82, 2.24) is 15.5 Å². The van der Waals surface area contributed by atoms with Crippen molar-refractivity contribution in [3.05, 3.63) is 0 Å². The predicted molar refractivity (Wildman–Crippen MR) is 178 cm³/mol. The maximum Gasteiger partial charge on any atom is 0.219 e. The summed E-state index contributed by atoms with van der Waals surface area (Å²) in [6.45, 7) is 3.34. The SMILES string of the molecule is CCCCCN(C(C)=O)C1[C@H](COC[C@@H]2C(CO)O[C@@H](O)C(NC(C)=O)[C@H]2O)OC(CO)[C@@H](COC[C@@H]2OC(CO)[C@@H](O)[C@H](O)C2NC(C)=O)[C@@H]1O. The van der Waals surface area contributed by atoms with Gasteiger partial charge < -0.3 is 80.1 Å². The highest BCUT2D eigenvalue weighted by Crippen LogP contribution is 2.32. The van der Waals surface area contributed by atoms with Gasteiger partial charge in [-0.15, -0.1) is 0 Å². The Morgan fingerprint density at radius 1 is 0.615 bits per heavy atom. The van der Waals surface area contributed by atoms with Crippen molar-refractivity contribution in [1.29, 1.82) is 0 Å². The summed E-state index contributed by atoms with van der Waals surface area (Å²) < 4.78 is 29.3. The third-order valence-corrected chi connectivity index (χ3v) is 9.98. The van der Waals surface area contributed by atoms with Crippen LogP contribution in [0.2, 0.25) is 0 Å². The van der Waals surface area contributed by atoms with Crippen molar-refractivity contribution in [3.8, 4) is 0 Å². The Balaban J connectivity index is 1.79. The Labute approximate surface area is 303 Å². The van der Waals surface area contributed by atoms with Gasteiger partial charge in [-0.3, -0.25) is 14.4 Å². The molecular weight excluding hydrogens is 694 g/mol. The Hall–Kier alpha value is -2.11. The molecule has 0 saturated carbocycles. The van der Waals surface area contributed by atoms with Crippen LogP contribution in [0.3, 0.4) is 0 Å². The third kappa shape index (κ3) is 11.2. The molecule has 10 N–H and O–H groups in total. The molecule has 3 rings (SSSR count). The van der Waals surface area contributed by atoms with Crippen LogP contribution >= 0.6 is 0 Å². The van der Waals surface area contributed by atoms with Gasteiger partial charge in [0.1, 0.15) is 36.6 Å². The van der Waals surface area contributed by atoms with Crippen LogP contribution in [0.5, 0.6) is 0 Å². The van der Waals surface area contributed by atoms with Gasteiger partial charge in [0, 0.05) is 39.2 Å². The molecule has 0 aromatic carbocycles. The van der Waals surface area contributed by atoms with Crippen LogP contribution in [0.15, 0.2) is 0 Å². The largest absolute Gasteiger partial charge is 0.394 e. The molecule has 3 heterocycles. The van der Waals surface area contributed by atoms with Crippen molar-refractivity contribution in [2.24, 2.45) is 11.8 Å². The van der Waals surface area contributed by atoms with Crippen LogP contribution in [0.25, 0.3) is 0 Å². The van der Waals surface area contributed by atoms with E-state index < -0.39 is 123 Å². The van der Waals surface area contributed by atoms with Crippen LogP contribution in [0.1, 0.15) is 47.0 Å². The molecule has 19 nitrogen and oxygen atoms in total. The first-order chi connectivity index (χ1) is 24.7. The molecule has 19 heteroatoms. The molecule has 52 heavy (non-hydrogen) atoms. The van der Waals surface area contributed by atoms with Gasteiger partial charge in [0.2, 0.25) is 17.7 Å². The molecule has 3 fully saturated rings. The second-order valence-corrected chi connectivity index (χ2v) is 13.8. The molecule has 302 valence electrons. The van der Waals surface area contributed by atoms with Gasteiger partial charge in [-0.2, -0.15) is 0 Å². The first-order valence-electron chi connectivity index (χ1n) is 17.9. The van der Waals surface area contributed by atoms with Gasteiger partial charge in [0.25, 0.3) is 0 Å². The van der Waals surface area contributed by atoms with E-state index in [1.807, 2.05) is 6.92 Å². The fourth-order valence-corrected chi connectivity index (χ4v) is 7.24. The number of nitrogens with zero attached hydrogens (tertiary/aromatic N) is 1. The van der Waals surface area contributed by atoms with Crippen LogP contribution in [-0.4, -0.2) is 196 Å². The van der Waals surface area contributed by atoms with Gasteiger partial charge in [-0.25, -0.2) is 0 Å². The molecule has 0 spiro atoms. The summed E-state index contributed by atoms with van der Waals surface area (Å²) in [5, 5.41) is 89.0. The molecule has 15 atom stereocenters. The second kappa shape index (κ2) is 21.1. The number of carbonyl (C=O) groups excluding carboxylic acids is 3. The minimum Gasteiger partial charge on any atom is -0.394 e. The molecule has 0 aliphatic carbocycles. The molecule has 0 aromatic rings. The van der Waals surface area contributed by atoms with E-state index in [-0.39, 0.29) is 38.9 Å². The van der Waals surface area contributed by atoms with Crippen molar-refractivity contribution < 1.29 is 78.9 Å². The molecule has 0 bridgehead atoms. The minimum absolute atomic E-state index is 0.233. The molecule has 0 aromatic heterocycles. The van der Waals surface area contributed by atoms with E-state index in [1.165, 1.54) is 25.7 Å². The number of unbranched alkanes of at least 4 members (excludes halogenated alkanes) is 2. The quantitative estimate of drug-likeness (QED) is 0.0589. The topological polar surface area (TPSA) is 286 Å². The van der Waals surface area contributed by atoms with Gasteiger partial charge in [0.05, 0.1) is 82.7 Å². The molecule has 0 radical (unpaired) electrons. The first kappa shape index (κ1) is 44.3. The molecule has 3 aliphatic rings. The fraction of sp³-hybridized carbons (Fsp3) is 0.909. The molecule has 3 aliphatic heterocycles. The average Bonchev–Trinajstić information content (AvgIpc) is 3.09. The monoisotopic (exact) mass is 753 g/mol. The second-order valence-electron chi connectivity index (χ2n) is 13.8. The van der Waals surface area contributed by atoms with E-state index in [1.54, 1.807) is 0 Å². The number of ether oxygens (including phenoxy) is 5. The highest BCUT2D eigenvalue weighted by Gasteiger charge is 2.50. The van der Waals surface area contributed by atoms with Crippen molar-refractivity contribution >= 4 is 17.7 Å². The number of amides is 3. The van der Waals surface area contributed by atoms with E-state index in [2.05, 4.69) is 10.6 Å². The third-order valence-electron chi connectivity index (χ3n) is 9.98. The van der Waals surface area contributed by atoms with Gasteiger partial charge in [-0.05, 0) is 6.42 Å². The van der Waals surface area contributed by atoms with E-state index in [0.717, 1.165) is 12.8 Å². The molecular formula is C33H59N3O16. The number of aliphatic hydroxyl groups is 8. The number of aliphatic hydroxyl groups excluding tert-OH is 8. The average molecular weight is 754 g/mol. The smallest absolute Gasteiger partial charge is 0.219 e. The Bertz CT molecular complexity index is 1120. The lowest BCUT2D eigenvalue weighted by atomic mass is 9.84. The van der Waals surface area contributed by atoms with Crippen LogP contribution in [0.4, 0.5) is 0 Å². The zero-order chi connectivity index (χ0) is 38.7. The van der Waals surface area contributed by atoms with Crippen LogP contribution in [0, 0.1) is 11.8 Å². The Morgan fingerprint density at radius 2 is 1.13 bits per heavy atom.